The van der Waals surface area contributed by atoms with Gasteiger partial charge in [0.2, 0.25) is 0 Å². The molecule has 0 bridgehead atoms. The summed E-state index contributed by atoms with van der Waals surface area (Å²) in [6.07, 6.45) is 3.41. The molecule has 1 N–H and O–H groups in total. The third-order valence-electron chi connectivity index (χ3n) is 2.54. The number of nitrogens with one attached hydrogen (secondary N) is 1. The molecule has 2 aromatic rings. The highest BCUT2D eigenvalue weighted by atomic mass is 35.5. The zero-order chi connectivity index (χ0) is 15.1. The van der Waals surface area contributed by atoms with Gasteiger partial charge in [-0.1, -0.05) is 23.2 Å². The molecule has 0 spiro atoms. The topological polar surface area (TPSA) is 56.3 Å². The summed E-state index contributed by atoms with van der Waals surface area (Å²) in [5, 5.41) is 4.20. The van der Waals surface area contributed by atoms with Crippen molar-refractivity contribution in [1.82, 2.24) is 15.3 Å². The number of nitrogens with zero attached hydrogens (tertiary/aromatic N) is 2. The summed E-state index contributed by atoms with van der Waals surface area (Å²) in [5.41, 5.74) is 0.961. The van der Waals surface area contributed by atoms with E-state index in [-0.39, 0.29) is 6.01 Å². The van der Waals surface area contributed by atoms with E-state index >= 15 is 0 Å². The lowest BCUT2D eigenvalue weighted by atomic mass is 10.3. The fourth-order valence-electron chi connectivity index (χ4n) is 1.59. The Morgan fingerprint density at radius 3 is 2.38 bits per heavy atom. The lowest BCUT2D eigenvalue weighted by Crippen LogP contribution is -2.18. The van der Waals surface area contributed by atoms with E-state index in [2.05, 4.69) is 15.3 Å². The van der Waals surface area contributed by atoms with Crippen LogP contribution in [0.15, 0.2) is 30.6 Å². The lowest BCUT2D eigenvalue weighted by Gasteiger charge is -2.06. The van der Waals surface area contributed by atoms with Crippen LogP contribution < -0.4 is 10.1 Å². The van der Waals surface area contributed by atoms with Crippen molar-refractivity contribution in [3.05, 3.63) is 46.2 Å². The number of benzene rings is 1. The number of halogens is 2. The summed E-state index contributed by atoms with van der Waals surface area (Å²) in [6, 6.07) is 5.17. The molecular formula is C14H15Cl2N3O2. The third-order valence-corrected chi connectivity index (χ3v) is 2.98. The van der Waals surface area contributed by atoms with Crippen LogP contribution >= 0.6 is 23.2 Å². The van der Waals surface area contributed by atoms with Crippen molar-refractivity contribution in [1.29, 1.82) is 0 Å². The molecule has 0 amide bonds. The van der Waals surface area contributed by atoms with Gasteiger partial charge in [-0.3, -0.25) is 0 Å². The zero-order valence-electron chi connectivity index (χ0n) is 11.5. The zero-order valence-corrected chi connectivity index (χ0v) is 13.0. The van der Waals surface area contributed by atoms with Crippen LogP contribution in [-0.4, -0.2) is 30.2 Å². The van der Waals surface area contributed by atoms with E-state index in [1.54, 1.807) is 37.7 Å². The van der Waals surface area contributed by atoms with E-state index in [9.17, 15) is 0 Å². The van der Waals surface area contributed by atoms with Gasteiger partial charge in [0.25, 0.3) is 0 Å². The maximum Gasteiger partial charge on any atom is 0.321 e. The van der Waals surface area contributed by atoms with E-state index in [1.807, 2.05) is 0 Å². The minimum atomic E-state index is 0.244. The molecule has 0 unspecified atom stereocenters. The summed E-state index contributed by atoms with van der Waals surface area (Å²) in [7, 11) is 1.67. The van der Waals surface area contributed by atoms with Crippen LogP contribution in [0.2, 0.25) is 10.0 Å². The highest BCUT2D eigenvalue weighted by Crippen LogP contribution is 2.26. The van der Waals surface area contributed by atoms with Crippen LogP contribution in [-0.2, 0) is 11.3 Å². The molecule has 112 valence electrons. The molecule has 21 heavy (non-hydrogen) atoms. The fourth-order valence-corrected chi connectivity index (χ4v) is 2.09. The Kier molecular flexibility index (Phi) is 6.20. The van der Waals surface area contributed by atoms with Crippen molar-refractivity contribution in [2.24, 2.45) is 0 Å². The third kappa shape index (κ3) is 5.47. The molecule has 1 aromatic carbocycles. The monoisotopic (exact) mass is 327 g/mol. The van der Waals surface area contributed by atoms with Gasteiger partial charge in [0, 0.05) is 48.2 Å². The van der Waals surface area contributed by atoms with Crippen LogP contribution in [0.5, 0.6) is 11.8 Å². The number of hydrogen-bond donors (Lipinski definition) is 1. The Balaban J connectivity index is 1.92. The maximum absolute atomic E-state index is 5.90. The van der Waals surface area contributed by atoms with Crippen LogP contribution in [0.25, 0.3) is 0 Å². The van der Waals surface area contributed by atoms with Gasteiger partial charge in [0.1, 0.15) is 5.75 Å². The first-order valence-electron chi connectivity index (χ1n) is 6.32. The van der Waals surface area contributed by atoms with Crippen molar-refractivity contribution >= 4 is 23.2 Å². The van der Waals surface area contributed by atoms with Gasteiger partial charge in [-0.15, -0.1) is 0 Å². The lowest BCUT2D eigenvalue weighted by molar-refractivity contribution is 0.199. The van der Waals surface area contributed by atoms with Gasteiger partial charge < -0.3 is 14.8 Å². The molecule has 0 radical (unpaired) electrons. The predicted octanol–water partition coefficient (Wildman–Crippen LogP) is 3.31. The molecular weight excluding hydrogens is 313 g/mol. The summed E-state index contributed by atoms with van der Waals surface area (Å²) in [4.78, 5) is 8.28. The second-order valence-corrected chi connectivity index (χ2v) is 5.12. The summed E-state index contributed by atoms with van der Waals surface area (Å²) in [6.45, 7) is 2.11. The average Bonchev–Trinajstić information content (AvgIpc) is 2.44. The summed E-state index contributed by atoms with van der Waals surface area (Å²) < 4.78 is 10.5. The van der Waals surface area contributed by atoms with Gasteiger partial charge in [-0.25, -0.2) is 9.97 Å². The van der Waals surface area contributed by atoms with E-state index in [1.165, 1.54) is 0 Å². The number of ether oxygens (including phenoxy) is 2. The maximum atomic E-state index is 5.90. The normalized spacial score (nSPS) is 10.6. The van der Waals surface area contributed by atoms with E-state index < -0.39 is 0 Å². The van der Waals surface area contributed by atoms with Crippen molar-refractivity contribution in [3.8, 4) is 11.8 Å². The predicted molar refractivity (Wildman–Crippen MR) is 82.2 cm³/mol. The number of methoxy groups -OCH3 is 1. The second-order valence-electron chi connectivity index (χ2n) is 4.25. The largest absolute Gasteiger partial charge is 0.424 e. The minimum Gasteiger partial charge on any atom is -0.424 e. The fraction of sp³-hybridized carbons (Fsp3) is 0.286. The first-order chi connectivity index (χ1) is 10.2. The minimum absolute atomic E-state index is 0.244. The summed E-state index contributed by atoms with van der Waals surface area (Å²) in [5.74, 6) is 0.499. The molecule has 0 atom stereocenters. The number of aromatic nitrogens is 2. The number of hydrogen-bond acceptors (Lipinski definition) is 5. The molecule has 0 aliphatic rings. The molecule has 7 heteroatoms. The van der Waals surface area contributed by atoms with Crippen molar-refractivity contribution in [3.63, 3.8) is 0 Å². The van der Waals surface area contributed by atoms with Crippen molar-refractivity contribution in [2.45, 2.75) is 6.54 Å². The Bertz CT molecular complexity index is 559. The molecule has 2 rings (SSSR count). The Labute approximate surface area is 133 Å². The molecule has 1 aromatic heterocycles. The Morgan fingerprint density at radius 2 is 1.76 bits per heavy atom. The highest BCUT2D eigenvalue weighted by Gasteiger charge is 2.04. The van der Waals surface area contributed by atoms with E-state index in [4.69, 9.17) is 32.7 Å². The van der Waals surface area contributed by atoms with Gasteiger partial charge in [0.05, 0.1) is 6.61 Å². The van der Waals surface area contributed by atoms with Crippen LogP contribution in [0, 0.1) is 0 Å². The first-order valence-corrected chi connectivity index (χ1v) is 7.07. The van der Waals surface area contributed by atoms with Crippen LogP contribution in [0.1, 0.15) is 5.56 Å². The smallest absolute Gasteiger partial charge is 0.321 e. The van der Waals surface area contributed by atoms with Gasteiger partial charge in [-0.2, -0.15) is 0 Å². The summed E-state index contributed by atoms with van der Waals surface area (Å²) >= 11 is 11.8. The quantitative estimate of drug-likeness (QED) is 0.790. The SMILES string of the molecule is COCCNCc1cnc(Oc2cc(Cl)cc(Cl)c2)nc1. The Hall–Kier alpha value is -1.40. The van der Waals surface area contributed by atoms with Crippen LogP contribution in [0.4, 0.5) is 0 Å². The molecule has 1 heterocycles. The second kappa shape index (κ2) is 8.14. The van der Waals surface area contributed by atoms with Gasteiger partial charge in [0.15, 0.2) is 0 Å². The van der Waals surface area contributed by atoms with Gasteiger partial charge in [-0.05, 0) is 18.2 Å². The van der Waals surface area contributed by atoms with Gasteiger partial charge >= 0.3 is 6.01 Å². The molecule has 0 fully saturated rings. The molecule has 5 nitrogen and oxygen atoms in total. The molecule has 0 aliphatic heterocycles. The number of rotatable bonds is 7. The molecule has 0 saturated carbocycles. The van der Waals surface area contributed by atoms with E-state index in [0.717, 1.165) is 12.1 Å². The molecule has 0 aliphatic carbocycles. The Morgan fingerprint density at radius 1 is 1.10 bits per heavy atom. The average molecular weight is 328 g/mol. The van der Waals surface area contributed by atoms with Crippen molar-refractivity contribution in [2.75, 3.05) is 20.3 Å². The van der Waals surface area contributed by atoms with Crippen molar-refractivity contribution < 1.29 is 9.47 Å². The van der Waals surface area contributed by atoms with E-state index in [0.29, 0.717) is 28.9 Å². The standard InChI is InChI=1S/C14H15Cl2N3O2/c1-20-3-2-17-7-10-8-18-14(19-9-10)21-13-5-11(15)4-12(16)6-13/h4-6,8-9,17H,2-3,7H2,1H3. The van der Waals surface area contributed by atoms with Crippen LogP contribution in [0.3, 0.4) is 0 Å². The highest BCUT2D eigenvalue weighted by molar-refractivity contribution is 6.34. The molecule has 0 saturated heterocycles. The first kappa shape index (κ1) is 16.0.